The molecule has 5 N–H and O–H groups in total. The fourth-order valence-electron chi connectivity index (χ4n) is 3.63. The number of hydrogen-bond donors (Lipinski definition) is 4. The van der Waals surface area contributed by atoms with Crippen LogP contribution in [0.2, 0.25) is 0 Å². The van der Waals surface area contributed by atoms with Crippen molar-refractivity contribution < 1.29 is 9.90 Å². The molecule has 1 fully saturated rings. The summed E-state index contributed by atoms with van der Waals surface area (Å²) in [6.07, 6.45) is 6.77. The van der Waals surface area contributed by atoms with Crippen molar-refractivity contribution in [2.24, 2.45) is 5.92 Å². The number of rotatable bonds is 8. The molecule has 1 unspecified atom stereocenters. The van der Waals surface area contributed by atoms with Crippen LogP contribution < -0.4 is 16.4 Å². The zero-order chi connectivity index (χ0) is 18.2. The molecule has 0 heterocycles. The van der Waals surface area contributed by atoms with Crippen LogP contribution >= 0.6 is 15.9 Å². The molecule has 1 aromatic carbocycles. The normalized spacial score (nSPS) is 16.6. The van der Waals surface area contributed by atoms with Gasteiger partial charge in [-0.15, -0.1) is 0 Å². The van der Waals surface area contributed by atoms with Crippen LogP contribution in [0, 0.1) is 5.92 Å². The highest BCUT2D eigenvalue weighted by molar-refractivity contribution is 9.10. The third kappa shape index (κ3) is 5.43. The van der Waals surface area contributed by atoms with E-state index < -0.39 is 0 Å². The summed E-state index contributed by atoms with van der Waals surface area (Å²) in [5, 5.41) is 15.3. The average molecular weight is 412 g/mol. The zero-order valence-corrected chi connectivity index (χ0v) is 16.6. The number of amides is 1. The van der Waals surface area contributed by atoms with Crippen LogP contribution in [0.3, 0.4) is 0 Å². The largest absolute Gasteiger partial charge is 0.398 e. The molecule has 0 spiro atoms. The van der Waals surface area contributed by atoms with Gasteiger partial charge in [-0.2, -0.15) is 0 Å². The van der Waals surface area contributed by atoms with E-state index in [1.54, 1.807) is 6.07 Å². The lowest BCUT2D eigenvalue weighted by atomic mass is 9.80. The second-order valence-corrected chi connectivity index (χ2v) is 7.58. The maximum absolute atomic E-state index is 12.4. The van der Waals surface area contributed by atoms with Crippen molar-refractivity contribution in [3.63, 3.8) is 0 Å². The maximum atomic E-state index is 12.4. The molecule has 0 aromatic heterocycles. The predicted molar refractivity (Wildman–Crippen MR) is 106 cm³/mol. The molecule has 1 aromatic rings. The van der Waals surface area contributed by atoms with Gasteiger partial charge in [0.15, 0.2) is 0 Å². The Kier molecular flexibility index (Phi) is 8.19. The molecule has 2 rings (SSSR count). The maximum Gasteiger partial charge on any atom is 0.251 e. The molecular weight excluding hydrogens is 382 g/mol. The molecule has 1 amide bonds. The molecule has 0 aliphatic heterocycles. The van der Waals surface area contributed by atoms with Crippen molar-refractivity contribution in [3.8, 4) is 0 Å². The summed E-state index contributed by atoms with van der Waals surface area (Å²) in [6.45, 7) is 3.50. The molecule has 1 saturated carbocycles. The molecule has 1 atom stereocenters. The zero-order valence-electron chi connectivity index (χ0n) is 15.0. The third-order valence-electron chi connectivity index (χ3n) is 4.92. The Morgan fingerprint density at radius 2 is 2.08 bits per heavy atom. The van der Waals surface area contributed by atoms with Crippen molar-refractivity contribution in [2.45, 2.75) is 51.5 Å². The Hall–Kier alpha value is -1.11. The standard InChI is InChI=1S/C19H30BrN3O2/c1-2-22-18(13-7-4-3-5-8-13)15-11-14(12-16(20)17(15)21)19(25)23-9-6-10-24/h11-13,18,22,24H,2-10,21H2,1H3,(H,23,25). The second-order valence-electron chi connectivity index (χ2n) is 6.73. The number of hydrogen-bond acceptors (Lipinski definition) is 4. The molecule has 6 heteroatoms. The van der Waals surface area contributed by atoms with E-state index in [1.807, 2.05) is 6.07 Å². The number of benzene rings is 1. The number of aliphatic hydroxyl groups excluding tert-OH is 1. The number of aliphatic hydroxyl groups is 1. The Balaban J connectivity index is 2.28. The molecule has 0 radical (unpaired) electrons. The van der Waals surface area contributed by atoms with Gasteiger partial charge in [-0.25, -0.2) is 0 Å². The van der Waals surface area contributed by atoms with Crippen LogP contribution in [-0.2, 0) is 0 Å². The van der Waals surface area contributed by atoms with Crippen LogP contribution in [0.25, 0.3) is 0 Å². The Morgan fingerprint density at radius 3 is 2.72 bits per heavy atom. The van der Waals surface area contributed by atoms with E-state index in [4.69, 9.17) is 10.8 Å². The summed E-state index contributed by atoms with van der Waals surface area (Å²) < 4.78 is 0.760. The number of anilines is 1. The van der Waals surface area contributed by atoms with Gasteiger partial charge < -0.3 is 21.5 Å². The van der Waals surface area contributed by atoms with Crippen molar-refractivity contribution in [3.05, 3.63) is 27.7 Å². The van der Waals surface area contributed by atoms with Gasteiger partial charge in [-0.3, -0.25) is 4.79 Å². The first-order chi connectivity index (χ1) is 12.1. The quantitative estimate of drug-likeness (QED) is 0.390. The average Bonchev–Trinajstić information content (AvgIpc) is 2.63. The van der Waals surface area contributed by atoms with Crippen LogP contribution in [0.15, 0.2) is 16.6 Å². The van der Waals surface area contributed by atoms with Gasteiger partial charge in [0.1, 0.15) is 0 Å². The summed E-state index contributed by atoms with van der Waals surface area (Å²) in [7, 11) is 0. The van der Waals surface area contributed by atoms with E-state index in [-0.39, 0.29) is 18.6 Å². The van der Waals surface area contributed by atoms with Crippen molar-refractivity contribution in [2.75, 3.05) is 25.4 Å². The number of nitrogens with two attached hydrogens (primary N) is 1. The second kappa shape index (κ2) is 10.1. The molecule has 5 nitrogen and oxygen atoms in total. The smallest absolute Gasteiger partial charge is 0.251 e. The SMILES string of the molecule is CCNC(c1cc(C(=O)NCCCO)cc(Br)c1N)C1CCCCC1. The lowest BCUT2D eigenvalue weighted by Crippen LogP contribution is -2.31. The highest BCUT2D eigenvalue weighted by atomic mass is 79.9. The number of halogens is 1. The lowest BCUT2D eigenvalue weighted by Gasteiger charge is -2.32. The monoisotopic (exact) mass is 411 g/mol. The summed E-state index contributed by atoms with van der Waals surface area (Å²) in [4.78, 5) is 12.4. The van der Waals surface area contributed by atoms with Crippen LogP contribution in [0.4, 0.5) is 5.69 Å². The highest BCUT2D eigenvalue weighted by Gasteiger charge is 2.27. The van der Waals surface area contributed by atoms with E-state index in [0.29, 0.717) is 30.1 Å². The number of nitrogens with one attached hydrogen (secondary N) is 2. The number of carbonyl (C=O) groups is 1. The topological polar surface area (TPSA) is 87.4 Å². The van der Waals surface area contributed by atoms with E-state index in [9.17, 15) is 4.79 Å². The summed E-state index contributed by atoms with van der Waals surface area (Å²) in [5.74, 6) is 0.421. The van der Waals surface area contributed by atoms with Gasteiger partial charge >= 0.3 is 0 Å². The molecule has 0 bridgehead atoms. The van der Waals surface area contributed by atoms with E-state index in [2.05, 4.69) is 33.5 Å². The van der Waals surface area contributed by atoms with E-state index in [0.717, 1.165) is 16.6 Å². The van der Waals surface area contributed by atoms with E-state index in [1.165, 1.54) is 32.1 Å². The molecule has 1 aliphatic carbocycles. The Morgan fingerprint density at radius 1 is 1.36 bits per heavy atom. The Labute approximate surface area is 158 Å². The molecular formula is C19H30BrN3O2. The molecule has 140 valence electrons. The minimum atomic E-state index is -0.130. The van der Waals surface area contributed by atoms with Crippen LogP contribution in [0.5, 0.6) is 0 Å². The summed E-state index contributed by atoms with van der Waals surface area (Å²) in [5.41, 5.74) is 8.69. The number of carbonyl (C=O) groups excluding carboxylic acids is 1. The third-order valence-corrected chi connectivity index (χ3v) is 5.58. The van der Waals surface area contributed by atoms with Gasteiger partial charge in [-0.05, 0) is 65.4 Å². The highest BCUT2D eigenvalue weighted by Crippen LogP contribution is 2.39. The first-order valence-electron chi connectivity index (χ1n) is 9.29. The van der Waals surface area contributed by atoms with Crippen molar-refractivity contribution in [1.29, 1.82) is 0 Å². The van der Waals surface area contributed by atoms with E-state index >= 15 is 0 Å². The van der Waals surface area contributed by atoms with Gasteiger partial charge in [0.05, 0.1) is 5.69 Å². The van der Waals surface area contributed by atoms with Gasteiger partial charge in [0.2, 0.25) is 0 Å². The molecule has 25 heavy (non-hydrogen) atoms. The molecule has 0 saturated heterocycles. The van der Waals surface area contributed by atoms with Crippen molar-refractivity contribution in [1.82, 2.24) is 10.6 Å². The molecule has 1 aliphatic rings. The van der Waals surface area contributed by atoms with Crippen LogP contribution in [0.1, 0.15) is 67.4 Å². The van der Waals surface area contributed by atoms with Crippen molar-refractivity contribution >= 4 is 27.5 Å². The minimum absolute atomic E-state index is 0.0706. The summed E-state index contributed by atoms with van der Waals surface area (Å²) in [6, 6.07) is 3.87. The predicted octanol–water partition coefficient (Wildman–Crippen LogP) is 3.37. The fraction of sp³-hybridized carbons (Fsp3) is 0.632. The fourth-order valence-corrected chi connectivity index (χ4v) is 4.10. The summed E-state index contributed by atoms with van der Waals surface area (Å²) >= 11 is 3.52. The van der Waals surface area contributed by atoms with Crippen LogP contribution in [-0.4, -0.2) is 30.7 Å². The Bertz CT molecular complexity index is 574. The number of nitrogen functional groups attached to an aromatic ring is 1. The minimum Gasteiger partial charge on any atom is -0.398 e. The van der Waals surface area contributed by atoms with Gasteiger partial charge in [0, 0.05) is 29.2 Å². The first-order valence-corrected chi connectivity index (χ1v) is 10.1. The van der Waals surface area contributed by atoms with Gasteiger partial charge in [0.25, 0.3) is 5.91 Å². The lowest BCUT2D eigenvalue weighted by molar-refractivity contribution is 0.0951. The first kappa shape index (κ1) is 20.2. The van der Waals surface area contributed by atoms with Gasteiger partial charge in [-0.1, -0.05) is 26.2 Å².